The van der Waals surface area contributed by atoms with Crippen molar-refractivity contribution in [2.24, 2.45) is 5.92 Å². The Morgan fingerprint density at radius 2 is 1.53 bits per heavy atom. The summed E-state index contributed by atoms with van der Waals surface area (Å²) < 4.78 is 0. The molecule has 0 saturated carbocycles. The summed E-state index contributed by atoms with van der Waals surface area (Å²) in [6, 6.07) is 13.7. The second-order valence-electron chi connectivity index (χ2n) is 9.11. The van der Waals surface area contributed by atoms with Gasteiger partial charge < -0.3 is 20.4 Å². The van der Waals surface area contributed by atoms with Gasteiger partial charge in [-0.15, -0.1) is 0 Å². The van der Waals surface area contributed by atoms with Gasteiger partial charge >= 0.3 is 6.03 Å². The normalized spacial score (nSPS) is 16.1. The van der Waals surface area contributed by atoms with Gasteiger partial charge in [0.2, 0.25) is 11.8 Å². The van der Waals surface area contributed by atoms with Crippen LogP contribution in [0.2, 0.25) is 10.0 Å². The largest absolute Gasteiger partial charge is 0.344 e. The van der Waals surface area contributed by atoms with Crippen LogP contribution in [0.1, 0.15) is 45.1 Å². The van der Waals surface area contributed by atoms with E-state index in [0.717, 1.165) is 12.0 Å². The highest BCUT2D eigenvalue weighted by Crippen LogP contribution is 2.25. The van der Waals surface area contributed by atoms with E-state index in [0.29, 0.717) is 48.3 Å². The molecular weight excluding hydrogens is 499 g/mol. The van der Waals surface area contributed by atoms with Gasteiger partial charge in [0.15, 0.2) is 0 Å². The van der Waals surface area contributed by atoms with Gasteiger partial charge in [0, 0.05) is 31.9 Å². The molecule has 0 spiro atoms. The van der Waals surface area contributed by atoms with Crippen LogP contribution in [0.15, 0.2) is 48.5 Å². The number of carbonyl (C=O) groups is 3. The van der Waals surface area contributed by atoms with Crippen molar-refractivity contribution in [3.05, 3.63) is 64.1 Å². The highest BCUT2D eigenvalue weighted by Gasteiger charge is 2.34. The number of halogens is 2. The van der Waals surface area contributed by atoms with Crippen LogP contribution < -0.4 is 10.6 Å². The Bertz CT molecular complexity index is 1060. The first kappa shape index (κ1) is 27.8. The van der Waals surface area contributed by atoms with E-state index in [9.17, 15) is 14.4 Å². The molecule has 0 bridgehead atoms. The Labute approximate surface area is 223 Å². The van der Waals surface area contributed by atoms with Crippen LogP contribution in [-0.4, -0.2) is 59.9 Å². The SMILES string of the molecule is CCC(C(=O)NC(C(=O)N1CCN(C(=O)Nc2ccc(Cl)c(Cl)c2)CC1)C(C)CC)c1ccccc1. The molecule has 1 aliphatic rings. The predicted octanol–water partition coefficient (Wildman–Crippen LogP) is 5.39. The lowest BCUT2D eigenvalue weighted by Gasteiger charge is -2.37. The standard InChI is InChI=1S/C27H34Cl2N4O3/c1-4-18(3)24(31-25(34)21(5-2)19-9-7-6-8-10-19)26(35)32-13-15-33(16-14-32)27(36)30-20-11-12-22(28)23(29)17-20/h6-12,17-18,21,24H,4-5,13-16H2,1-3H3,(H,30,36)(H,31,34). The van der Waals surface area contributed by atoms with Crippen molar-refractivity contribution in [3.8, 4) is 0 Å². The Kier molecular flexibility index (Phi) is 10.0. The van der Waals surface area contributed by atoms with E-state index in [1.807, 2.05) is 51.1 Å². The van der Waals surface area contributed by atoms with Crippen molar-refractivity contribution in [1.82, 2.24) is 15.1 Å². The third-order valence-corrected chi connectivity index (χ3v) is 7.49. The van der Waals surface area contributed by atoms with Crippen molar-refractivity contribution in [2.45, 2.75) is 45.6 Å². The van der Waals surface area contributed by atoms with Gasteiger partial charge in [-0.25, -0.2) is 4.79 Å². The van der Waals surface area contributed by atoms with Crippen LogP contribution in [0.25, 0.3) is 0 Å². The summed E-state index contributed by atoms with van der Waals surface area (Å²) in [4.78, 5) is 42.8. The zero-order chi connectivity index (χ0) is 26.2. The number of anilines is 1. The molecule has 0 aromatic heterocycles. The summed E-state index contributed by atoms with van der Waals surface area (Å²) in [6.45, 7) is 7.53. The molecule has 3 rings (SSSR count). The Morgan fingerprint density at radius 3 is 2.11 bits per heavy atom. The molecule has 2 aromatic rings. The molecule has 4 amide bonds. The number of urea groups is 1. The first-order valence-electron chi connectivity index (χ1n) is 12.4. The fraction of sp³-hybridized carbons (Fsp3) is 0.444. The van der Waals surface area contributed by atoms with Crippen LogP contribution in [0.5, 0.6) is 0 Å². The van der Waals surface area contributed by atoms with Crippen molar-refractivity contribution in [1.29, 1.82) is 0 Å². The molecule has 2 N–H and O–H groups in total. The van der Waals surface area contributed by atoms with Gasteiger partial charge in [0.25, 0.3) is 0 Å². The van der Waals surface area contributed by atoms with Crippen LogP contribution in [-0.2, 0) is 9.59 Å². The number of hydrogen-bond acceptors (Lipinski definition) is 3. The number of carbonyl (C=O) groups excluding carboxylic acids is 3. The molecule has 1 heterocycles. The fourth-order valence-corrected chi connectivity index (χ4v) is 4.60. The molecule has 1 fully saturated rings. The third kappa shape index (κ3) is 6.92. The third-order valence-electron chi connectivity index (χ3n) is 6.75. The number of benzene rings is 2. The van der Waals surface area contributed by atoms with Crippen molar-refractivity contribution >= 4 is 46.7 Å². The molecule has 0 aliphatic carbocycles. The molecule has 3 unspecified atom stereocenters. The Hall–Kier alpha value is -2.77. The molecule has 2 aromatic carbocycles. The lowest BCUT2D eigenvalue weighted by Crippen LogP contribution is -2.58. The second-order valence-corrected chi connectivity index (χ2v) is 9.93. The van der Waals surface area contributed by atoms with E-state index >= 15 is 0 Å². The van der Waals surface area contributed by atoms with Crippen LogP contribution in [0.4, 0.5) is 10.5 Å². The minimum atomic E-state index is -0.614. The number of hydrogen-bond donors (Lipinski definition) is 2. The van der Waals surface area contributed by atoms with E-state index < -0.39 is 6.04 Å². The molecule has 3 atom stereocenters. The average molecular weight is 534 g/mol. The fourth-order valence-electron chi connectivity index (χ4n) is 4.30. The summed E-state index contributed by atoms with van der Waals surface area (Å²) in [5.74, 6) is -0.578. The van der Waals surface area contributed by atoms with Crippen LogP contribution >= 0.6 is 23.2 Å². The van der Waals surface area contributed by atoms with Crippen molar-refractivity contribution in [2.75, 3.05) is 31.5 Å². The van der Waals surface area contributed by atoms with E-state index in [4.69, 9.17) is 23.2 Å². The number of rotatable bonds is 8. The molecule has 9 heteroatoms. The maximum atomic E-state index is 13.5. The Balaban J connectivity index is 1.61. The first-order chi connectivity index (χ1) is 17.2. The molecule has 1 saturated heterocycles. The summed E-state index contributed by atoms with van der Waals surface area (Å²) in [6.07, 6.45) is 1.40. The molecule has 36 heavy (non-hydrogen) atoms. The van der Waals surface area contributed by atoms with Crippen LogP contribution in [0.3, 0.4) is 0 Å². The number of nitrogens with zero attached hydrogens (tertiary/aromatic N) is 2. The topological polar surface area (TPSA) is 81.8 Å². The highest BCUT2D eigenvalue weighted by atomic mass is 35.5. The minimum Gasteiger partial charge on any atom is -0.344 e. The van der Waals surface area contributed by atoms with E-state index in [1.54, 1.807) is 28.0 Å². The summed E-state index contributed by atoms with van der Waals surface area (Å²) in [7, 11) is 0. The zero-order valence-corrected chi connectivity index (χ0v) is 22.5. The maximum Gasteiger partial charge on any atom is 0.321 e. The average Bonchev–Trinajstić information content (AvgIpc) is 2.89. The van der Waals surface area contributed by atoms with Crippen LogP contribution in [0, 0.1) is 5.92 Å². The first-order valence-corrected chi connectivity index (χ1v) is 13.2. The number of amides is 4. The lowest BCUT2D eigenvalue weighted by atomic mass is 9.93. The van der Waals surface area contributed by atoms with Gasteiger partial charge in [0.05, 0.1) is 16.0 Å². The lowest BCUT2D eigenvalue weighted by molar-refractivity contribution is -0.139. The summed E-state index contributed by atoms with van der Waals surface area (Å²) >= 11 is 12.0. The van der Waals surface area contributed by atoms with Gasteiger partial charge in [-0.2, -0.15) is 0 Å². The zero-order valence-electron chi connectivity index (χ0n) is 21.0. The molecule has 194 valence electrons. The van der Waals surface area contributed by atoms with Gasteiger partial charge in [0.1, 0.15) is 6.04 Å². The maximum absolute atomic E-state index is 13.5. The molecule has 1 aliphatic heterocycles. The van der Waals surface area contributed by atoms with Gasteiger partial charge in [-0.05, 0) is 36.1 Å². The highest BCUT2D eigenvalue weighted by molar-refractivity contribution is 6.42. The molecule has 7 nitrogen and oxygen atoms in total. The Morgan fingerprint density at radius 1 is 0.889 bits per heavy atom. The molecule has 0 radical (unpaired) electrons. The quantitative estimate of drug-likeness (QED) is 0.477. The van der Waals surface area contributed by atoms with Gasteiger partial charge in [-0.1, -0.05) is 80.7 Å². The van der Waals surface area contributed by atoms with Gasteiger partial charge in [-0.3, -0.25) is 9.59 Å². The monoisotopic (exact) mass is 532 g/mol. The van der Waals surface area contributed by atoms with E-state index in [2.05, 4.69) is 10.6 Å². The predicted molar refractivity (Wildman–Crippen MR) is 144 cm³/mol. The van der Waals surface area contributed by atoms with E-state index in [-0.39, 0.29) is 29.7 Å². The van der Waals surface area contributed by atoms with E-state index in [1.165, 1.54) is 0 Å². The molecular formula is C27H34Cl2N4O3. The summed E-state index contributed by atoms with van der Waals surface area (Å²) in [5.41, 5.74) is 1.49. The second kappa shape index (κ2) is 13.0. The number of piperazine rings is 1. The minimum absolute atomic E-state index is 0.0225. The van der Waals surface area contributed by atoms with Crippen molar-refractivity contribution < 1.29 is 14.4 Å². The summed E-state index contributed by atoms with van der Waals surface area (Å²) in [5, 5.41) is 6.64. The smallest absolute Gasteiger partial charge is 0.321 e. The van der Waals surface area contributed by atoms with Crippen molar-refractivity contribution in [3.63, 3.8) is 0 Å². The number of nitrogens with one attached hydrogen (secondary N) is 2.